The molecule has 0 saturated carbocycles. The fourth-order valence-electron chi connectivity index (χ4n) is 2.82. The van der Waals surface area contributed by atoms with Gasteiger partial charge in [0.05, 0.1) is 24.7 Å². The number of benzene rings is 1. The van der Waals surface area contributed by atoms with Crippen molar-refractivity contribution in [2.75, 3.05) is 31.5 Å². The molecule has 0 aliphatic carbocycles. The normalized spacial score (nSPS) is 10.2. The Bertz CT molecular complexity index is 1090. The minimum atomic E-state index is -0.628. The Morgan fingerprint density at radius 1 is 1.12 bits per heavy atom. The molecule has 0 spiro atoms. The van der Waals surface area contributed by atoms with Crippen molar-refractivity contribution in [1.29, 1.82) is 0 Å². The van der Waals surface area contributed by atoms with Crippen LogP contribution in [-0.2, 0) is 6.42 Å². The van der Waals surface area contributed by atoms with Gasteiger partial charge in [-0.1, -0.05) is 6.07 Å². The molecule has 1 aromatic carbocycles. The van der Waals surface area contributed by atoms with Gasteiger partial charge in [0.1, 0.15) is 6.33 Å². The van der Waals surface area contributed by atoms with Crippen molar-refractivity contribution < 1.29 is 19.2 Å². The van der Waals surface area contributed by atoms with Gasteiger partial charge in [-0.15, -0.1) is 0 Å². The molecule has 1 amide bonds. The number of aromatic nitrogens is 3. The Morgan fingerprint density at radius 2 is 1.91 bits per heavy atom. The third-order valence-corrected chi connectivity index (χ3v) is 4.38. The van der Waals surface area contributed by atoms with Gasteiger partial charge in [0.15, 0.2) is 11.5 Å². The number of amides is 1. The van der Waals surface area contributed by atoms with Crippen LogP contribution in [0.3, 0.4) is 0 Å². The molecule has 3 rings (SSSR count). The molecule has 0 aliphatic heterocycles. The second kappa shape index (κ2) is 10.5. The van der Waals surface area contributed by atoms with Gasteiger partial charge in [0, 0.05) is 18.9 Å². The zero-order valence-corrected chi connectivity index (χ0v) is 17.4. The van der Waals surface area contributed by atoms with E-state index in [0.29, 0.717) is 24.5 Å². The molecule has 32 heavy (non-hydrogen) atoms. The average Bonchev–Trinajstić information content (AvgIpc) is 2.82. The number of hydrazine groups is 1. The number of carbonyl (C=O) groups is 1. The van der Waals surface area contributed by atoms with Crippen molar-refractivity contribution in [3.63, 3.8) is 0 Å². The first-order valence-electron chi connectivity index (χ1n) is 9.44. The highest BCUT2D eigenvalue weighted by molar-refractivity contribution is 5.94. The summed E-state index contributed by atoms with van der Waals surface area (Å²) in [7, 11) is 3.10. The van der Waals surface area contributed by atoms with E-state index in [1.54, 1.807) is 32.4 Å². The predicted molar refractivity (Wildman–Crippen MR) is 116 cm³/mol. The van der Waals surface area contributed by atoms with Crippen LogP contribution < -0.4 is 25.6 Å². The summed E-state index contributed by atoms with van der Waals surface area (Å²) >= 11 is 0. The van der Waals surface area contributed by atoms with Crippen molar-refractivity contribution in [3.05, 3.63) is 70.3 Å². The lowest BCUT2D eigenvalue weighted by Crippen LogP contribution is -2.30. The zero-order chi connectivity index (χ0) is 22.9. The number of nitro groups is 1. The van der Waals surface area contributed by atoms with E-state index in [4.69, 9.17) is 9.47 Å². The third kappa shape index (κ3) is 5.36. The molecule has 12 heteroatoms. The summed E-state index contributed by atoms with van der Waals surface area (Å²) in [4.78, 5) is 34.8. The van der Waals surface area contributed by atoms with Crippen molar-refractivity contribution in [3.8, 4) is 11.5 Å². The van der Waals surface area contributed by atoms with Crippen molar-refractivity contribution >= 4 is 23.2 Å². The van der Waals surface area contributed by atoms with Gasteiger partial charge in [-0.2, -0.15) is 0 Å². The minimum Gasteiger partial charge on any atom is -0.493 e. The molecule has 3 aromatic rings. The van der Waals surface area contributed by atoms with Gasteiger partial charge >= 0.3 is 5.69 Å². The Labute approximate surface area is 183 Å². The van der Waals surface area contributed by atoms with E-state index < -0.39 is 16.5 Å². The third-order valence-electron chi connectivity index (χ3n) is 4.38. The maximum Gasteiger partial charge on any atom is 0.354 e. The number of nitrogens with one attached hydrogen (secondary N) is 3. The molecule has 2 aromatic heterocycles. The quantitative estimate of drug-likeness (QED) is 0.316. The number of hydrogen-bond acceptors (Lipinski definition) is 10. The Balaban J connectivity index is 1.68. The molecule has 0 radical (unpaired) electrons. The molecule has 0 fully saturated rings. The van der Waals surface area contributed by atoms with Crippen molar-refractivity contribution in [2.45, 2.75) is 6.42 Å². The molecule has 3 N–H and O–H groups in total. The topological polar surface area (TPSA) is 153 Å². The van der Waals surface area contributed by atoms with Gasteiger partial charge in [-0.3, -0.25) is 30.7 Å². The molecule has 0 bridgehead atoms. The number of carbonyl (C=O) groups excluding carboxylic acids is 1. The molecule has 12 nitrogen and oxygen atoms in total. The number of rotatable bonds is 10. The summed E-state index contributed by atoms with van der Waals surface area (Å²) in [5.41, 5.74) is 5.67. The molecule has 166 valence electrons. The number of hydrogen-bond donors (Lipinski definition) is 3. The van der Waals surface area contributed by atoms with Crippen LogP contribution in [0.15, 0.2) is 49.1 Å². The first-order chi connectivity index (χ1) is 15.5. The Morgan fingerprint density at radius 3 is 2.59 bits per heavy atom. The lowest BCUT2D eigenvalue weighted by atomic mass is 10.1. The lowest BCUT2D eigenvalue weighted by molar-refractivity contribution is -0.383. The zero-order valence-electron chi connectivity index (χ0n) is 17.4. The van der Waals surface area contributed by atoms with E-state index >= 15 is 0 Å². The van der Waals surface area contributed by atoms with Crippen LogP contribution in [0.2, 0.25) is 0 Å². The van der Waals surface area contributed by atoms with E-state index in [1.165, 1.54) is 12.4 Å². The van der Waals surface area contributed by atoms with Gasteiger partial charge in [0.25, 0.3) is 5.91 Å². The maximum absolute atomic E-state index is 12.1. The summed E-state index contributed by atoms with van der Waals surface area (Å²) in [5.74, 6) is 0.544. The summed E-state index contributed by atoms with van der Waals surface area (Å²) in [6.07, 6.45) is 4.60. The summed E-state index contributed by atoms with van der Waals surface area (Å²) < 4.78 is 10.5. The van der Waals surface area contributed by atoms with E-state index in [9.17, 15) is 14.9 Å². The number of pyridine rings is 1. The molecular weight excluding hydrogens is 418 g/mol. The molecule has 0 atom stereocenters. The molecule has 0 saturated heterocycles. The summed E-state index contributed by atoms with van der Waals surface area (Å²) in [6.45, 7) is 0.356. The lowest BCUT2D eigenvalue weighted by Gasteiger charge is -2.12. The van der Waals surface area contributed by atoms with Crippen molar-refractivity contribution in [2.24, 2.45) is 0 Å². The number of methoxy groups -OCH3 is 2. The van der Waals surface area contributed by atoms with E-state index in [-0.39, 0.29) is 17.2 Å². The van der Waals surface area contributed by atoms with E-state index in [1.807, 2.05) is 12.1 Å². The van der Waals surface area contributed by atoms with Crippen LogP contribution in [0.5, 0.6) is 11.5 Å². The predicted octanol–water partition coefficient (Wildman–Crippen LogP) is 2.21. The van der Waals surface area contributed by atoms with Crippen LogP contribution in [0, 0.1) is 10.1 Å². The summed E-state index contributed by atoms with van der Waals surface area (Å²) in [5, 5.41) is 14.6. The first-order valence-corrected chi connectivity index (χ1v) is 9.44. The molecule has 0 unspecified atom stereocenters. The fraction of sp³-hybridized carbons (Fsp3) is 0.200. The van der Waals surface area contributed by atoms with Gasteiger partial charge in [-0.05, 0) is 36.2 Å². The van der Waals surface area contributed by atoms with Gasteiger partial charge in [-0.25, -0.2) is 9.97 Å². The smallest absolute Gasteiger partial charge is 0.354 e. The highest BCUT2D eigenvalue weighted by Crippen LogP contribution is 2.29. The number of anilines is 2. The highest BCUT2D eigenvalue weighted by atomic mass is 16.6. The second-order valence-corrected chi connectivity index (χ2v) is 6.36. The first kappa shape index (κ1) is 22.2. The monoisotopic (exact) mass is 439 g/mol. The van der Waals surface area contributed by atoms with Crippen LogP contribution >= 0.6 is 0 Å². The van der Waals surface area contributed by atoms with E-state index in [2.05, 4.69) is 31.1 Å². The molecule has 2 heterocycles. The maximum atomic E-state index is 12.1. The fourth-order valence-corrected chi connectivity index (χ4v) is 2.82. The van der Waals surface area contributed by atoms with Crippen LogP contribution in [0.1, 0.15) is 15.9 Å². The second-order valence-electron chi connectivity index (χ2n) is 6.36. The number of nitrogens with zero attached hydrogens (tertiary/aromatic N) is 4. The Kier molecular flexibility index (Phi) is 7.30. The highest BCUT2D eigenvalue weighted by Gasteiger charge is 2.23. The minimum absolute atomic E-state index is 0.0172. The van der Waals surface area contributed by atoms with Crippen LogP contribution in [0.4, 0.5) is 17.3 Å². The largest absolute Gasteiger partial charge is 0.493 e. The molecular formula is C20H21N7O5. The Hall–Kier alpha value is -4.48. The SMILES string of the molecule is COc1ccc(CCNc2ncnc(NNC(=O)c3cccnc3)c2[N+](=O)[O-])cc1OC. The van der Waals surface area contributed by atoms with Crippen LogP contribution in [0.25, 0.3) is 0 Å². The van der Waals surface area contributed by atoms with Gasteiger partial charge < -0.3 is 14.8 Å². The molecule has 0 aliphatic rings. The van der Waals surface area contributed by atoms with Gasteiger partial charge in [0.2, 0.25) is 11.6 Å². The summed E-state index contributed by atoms with van der Waals surface area (Å²) in [6, 6.07) is 8.64. The van der Waals surface area contributed by atoms with E-state index in [0.717, 1.165) is 11.9 Å². The number of ether oxygens (including phenoxy) is 2. The van der Waals surface area contributed by atoms with Crippen molar-refractivity contribution in [1.82, 2.24) is 20.4 Å². The average molecular weight is 439 g/mol. The van der Waals surface area contributed by atoms with Crippen LogP contribution in [-0.4, -0.2) is 46.5 Å². The standard InChI is InChI=1S/C20H21N7O5/c1-31-15-6-5-13(10-16(15)32-2)7-9-22-18-17(27(29)30)19(24-12-23-18)25-26-20(28)14-4-3-8-21-11-14/h3-6,8,10-12H,7,9H2,1-2H3,(H,26,28)(H2,22,23,24,25).